The Kier molecular flexibility index (Phi) is 5.20. The quantitative estimate of drug-likeness (QED) is 0.493. The van der Waals surface area contributed by atoms with Crippen molar-refractivity contribution in [1.82, 2.24) is 20.2 Å². The number of nitrogens with zero attached hydrogens (tertiary/aromatic N) is 4. The number of aryl methyl sites for hydroxylation is 2. The molecule has 0 spiro atoms. The molecule has 0 amide bonds. The number of rotatable bonds is 5. The molecular weight excluding hydrogens is 356 g/mol. The second-order valence-electron chi connectivity index (χ2n) is 5.80. The van der Waals surface area contributed by atoms with Crippen LogP contribution in [0.5, 0.6) is 0 Å². The number of aromatic nitrogens is 4. The van der Waals surface area contributed by atoms with Gasteiger partial charge in [-0.3, -0.25) is 4.79 Å². The van der Waals surface area contributed by atoms with Crippen LogP contribution >= 0.6 is 23.4 Å². The maximum atomic E-state index is 12.6. The minimum absolute atomic E-state index is 0.0114. The van der Waals surface area contributed by atoms with E-state index >= 15 is 0 Å². The smallest absolute Gasteiger partial charge is 0.214 e. The van der Waals surface area contributed by atoms with Crippen LogP contribution < -0.4 is 0 Å². The number of ketones is 1. The molecule has 128 valence electrons. The van der Waals surface area contributed by atoms with Crippen molar-refractivity contribution in [2.45, 2.75) is 31.2 Å². The van der Waals surface area contributed by atoms with E-state index in [2.05, 4.69) is 21.6 Å². The Bertz CT molecular complexity index is 925. The summed E-state index contributed by atoms with van der Waals surface area (Å²) in [6.45, 7) is 5.89. The first-order valence-electron chi connectivity index (χ1n) is 7.78. The van der Waals surface area contributed by atoms with Crippen molar-refractivity contribution < 1.29 is 4.79 Å². The number of hydrogen-bond donors (Lipinski definition) is 0. The zero-order valence-electron chi connectivity index (χ0n) is 14.1. The Morgan fingerprint density at radius 1 is 1.20 bits per heavy atom. The largest absolute Gasteiger partial charge is 0.293 e. The van der Waals surface area contributed by atoms with E-state index in [1.54, 1.807) is 28.9 Å². The van der Waals surface area contributed by atoms with Gasteiger partial charge in [-0.1, -0.05) is 53.2 Å². The lowest BCUT2D eigenvalue weighted by atomic mass is 10.1. The SMILES string of the molecule is Cc1ccc(-n2nnnc2SC(C)C(=O)c2cccc(Cl)c2)c(C)c1. The van der Waals surface area contributed by atoms with Gasteiger partial charge in [0.1, 0.15) is 0 Å². The topological polar surface area (TPSA) is 60.7 Å². The van der Waals surface area contributed by atoms with Gasteiger partial charge in [0.2, 0.25) is 5.16 Å². The number of carbonyl (C=O) groups is 1. The van der Waals surface area contributed by atoms with Crippen molar-refractivity contribution in [2.75, 3.05) is 0 Å². The number of carbonyl (C=O) groups excluding carboxylic acids is 1. The summed E-state index contributed by atoms with van der Waals surface area (Å²) in [4.78, 5) is 12.6. The number of thioether (sulfide) groups is 1. The lowest BCUT2D eigenvalue weighted by Gasteiger charge is -2.12. The van der Waals surface area contributed by atoms with Gasteiger partial charge in [-0.15, -0.1) is 5.10 Å². The van der Waals surface area contributed by atoms with E-state index in [0.717, 1.165) is 11.3 Å². The second-order valence-corrected chi connectivity index (χ2v) is 7.54. The maximum absolute atomic E-state index is 12.6. The fourth-order valence-electron chi connectivity index (χ4n) is 2.53. The average Bonchev–Trinajstić information content (AvgIpc) is 3.02. The van der Waals surface area contributed by atoms with Crippen molar-refractivity contribution in [2.24, 2.45) is 0 Å². The molecule has 1 heterocycles. The third kappa shape index (κ3) is 3.91. The monoisotopic (exact) mass is 372 g/mol. The molecule has 7 heteroatoms. The zero-order valence-corrected chi connectivity index (χ0v) is 15.7. The van der Waals surface area contributed by atoms with Gasteiger partial charge in [0, 0.05) is 10.6 Å². The molecule has 0 aliphatic heterocycles. The summed E-state index contributed by atoms with van der Waals surface area (Å²) in [7, 11) is 0. The van der Waals surface area contributed by atoms with Gasteiger partial charge >= 0.3 is 0 Å². The summed E-state index contributed by atoms with van der Waals surface area (Å²) in [5.74, 6) is -0.0114. The Morgan fingerprint density at radius 3 is 2.72 bits per heavy atom. The molecule has 0 saturated heterocycles. The number of halogens is 1. The van der Waals surface area contributed by atoms with Crippen LogP contribution in [0.2, 0.25) is 5.02 Å². The molecule has 1 atom stereocenters. The van der Waals surface area contributed by atoms with E-state index in [1.807, 2.05) is 32.9 Å². The van der Waals surface area contributed by atoms with Crippen molar-refractivity contribution in [3.8, 4) is 5.69 Å². The zero-order chi connectivity index (χ0) is 18.0. The molecule has 3 rings (SSSR count). The lowest BCUT2D eigenvalue weighted by molar-refractivity contribution is 0.0994. The van der Waals surface area contributed by atoms with E-state index in [9.17, 15) is 4.79 Å². The van der Waals surface area contributed by atoms with Crippen LogP contribution in [0.15, 0.2) is 47.6 Å². The van der Waals surface area contributed by atoms with Crippen molar-refractivity contribution in [3.63, 3.8) is 0 Å². The third-order valence-corrected chi connectivity index (χ3v) is 5.05. The second kappa shape index (κ2) is 7.37. The van der Waals surface area contributed by atoms with Gasteiger partial charge in [-0.2, -0.15) is 4.68 Å². The van der Waals surface area contributed by atoms with Gasteiger partial charge in [0.15, 0.2) is 5.78 Å². The summed E-state index contributed by atoms with van der Waals surface area (Å²) in [5.41, 5.74) is 3.73. The lowest BCUT2D eigenvalue weighted by Crippen LogP contribution is -2.15. The van der Waals surface area contributed by atoms with Crippen molar-refractivity contribution >= 4 is 29.1 Å². The van der Waals surface area contributed by atoms with Crippen LogP contribution in [0, 0.1) is 13.8 Å². The van der Waals surface area contributed by atoms with Crippen LogP contribution in [-0.4, -0.2) is 31.2 Å². The summed E-state index contributed by atoms with van der Waals surface area (Å²) < 4.78 is 1.67. The van der Waals surface area contributed by atoms with Gasteiger partial charge < -0.3 is 0 Å². The summed E-state index contributed by atoms with van der Waals surface area (Å²) in [6, 6.07) is 13.0. The van der Waals surface area contributed by atoms with Crippen LogP contribution in [0.25, 0.3) is 5.69 Å². The normalized spacial score (nSPS) is 12.2. The Balaban J connectivity index is 1.84. The van der Waals surface area contributed by atoms with E-state index in [1.165, 1.54) is 17.3 Å². The first-order valence-corrected chi connectivity index (χ1v) is 9.04. The summed E-state index contributed by atoms with van der Waals surface area (Å²) in [6.07, 6.45) is 0. The van der Waals surface area contributed by atoms with Crippen LogP contribution in [0.1, 0.15) is 28.4 Å². The predicted molar refractivity (Wildman–Crippen MR) is 99.7 cm³/mol. The molecule has 2 aromatic carbocycles. The van der Waals surface area contributed by atoms with Crippen molar-refractivity contribution in [3.05, 3.63) is 64.2 Å². The minimum Gasteiger partial charge on any atom is -0.293 e. The number of hydrogen-bond acceptors (Lipinski definition) is 5. The molecule has 0 aliphatic rings. The first kappa shape index (κ1) is 17.6. The standard InChI is InChI=1S/C18H17ClN4OS/c1-11-7-8-16(12(2)9-11)23-18(20-21-22-23)25-13(3)17(24)14-5-4-6-15(19)10-14/h4-10,13H,1-3H3. The fraction of sp³-hybridized carbons (Fsp3) is 0.222. The molecule has 3 aromatic rings. The highest BCUT2D eigenvalue weighted by Gasteiger charge is 2.21. The molecule has 0 fully saturated rings. The Morgan fingerprint density at radius 2 is 2.00 bits per heavy atom. The highest BCUT2D eigenvalue weighted by Crippen LogP contribution is 2.27. The van der Waals surface area contributed by atoms with Crippen LogP contribution in [-0.2, 0) is 0 Å². The predicted octanol–water partition coefficient (Wildman–Crippen LogP) is 4.30. The van der Waals surface area contributed by atoms with Gasteiger partial charge in [0.05, 0.1) is 10.9 Å². The molecule has 0 N–H and O–H groups in total. The molecular formula is C18H17ClN4OS. The minimum atomic E-state index is -0.339. The van der Waals surface area contributed by atoms with Crippen LogP contribution in [0.3, 0.4) is 0 Å². The van der Waals surface area contributed by atoms with E-state index < -0.39 is 0 Å². The molecule has 0 radical (unpaired) electrons. The molecule has 0 bridgehead atoms. The molecule has 5 nitrogen and oxygen atoms in total. The Labute approximate surface area is 155 Å². The summed E-state index contributed by atoms with van der Waals surface area (Å²) >= 11 is 7.30. The molecule has 0 saturated carbocycles. The fourth-order valence-corrected chi connectivity index (χ4v) is 3.60. The van der Waals surface area contributed by atoms with Gasteiger partial charge in [0.25, 0.3) is 0 Å². The number of Topliss-reactive ketones (excluding diaryl/α,β-unsaturated/α-hetero) is 1. The van der Waals surface area contributed by atoms with Crippen molar-refractivity contribution in [1.29, 1.82) is 0 Å². The number of benzene rings is 2. The molecule has 1 aromatic heterocycles. The molecule has 1 unspecified atom stereocenters. The molecule has 25 heavy (non-hydrogen) atoms. The Hall–Kier alpha value is -2.18. The van der Waals surface area contributed by atoms with Crippen LogP contribution in [0.4, 0.5) is 0 Å². The van der Waals surface area contributed by atoms with E-state index in [-0.39, 0.29) is 11.0 Å². The van der Waals surface area contributed by atoms with Gasteiger partial charge in [-0.05, 0) is 55.0 Å². The average molecular weight is 373 g/mol. The van der Waals surface area contributed by atoms with E-state index in [4.69, 9.17) is 11.6 Å². The maximum Gasteiger partial charge on any atom is 0.214 e. The van der Waals surface area contributed by atoms with Gasteiger partial charge in [-0.25, -0.2) is 0 Å². The highest BCUT2D eigenvalue weighted by molar-refractivity contribution is 8.00. The van der Waals surface area contributed by atoms with E-state index in [0.29, 0.717) is 15.7 Å². The summed E-state index contributed by atoms with van der Waals surface area (Å²) in [5, 5.41) is 12.7. The highest BCUT2D eigenvalue weighted by atomic mass is 35.5. The first-order chi connectivity index (χ1) is 12.0. The molecule has 0 aliphatic carbocycles. The number of tetrazole rings is 1. The third-order valence-electron chi connectivity index (χ3n) is 3.78.